The number of ether oxygens (including phenoxy) is 1. The Morgan fingerprint density at radius 2 is 1.74 bits per heavy atom. The van der Waals surface area contributed by atoms with Crippen LogP contribution in [0.5, 0.6) is 11.5 Å². The van der Waals surface area contributed by atoms with Gasteiger partial charge in [-0.05, 0) is 42.1 Å². The Bertz CT molecular complexity index is 1710. The predicted octanol–water partition coefficient (Wildman–Crippen LogP) is 3.71. The molecule has 0 aliphatic heterocycles. The van der Waals surface area contributed by atoms with Crippen LogP contribution in [-0.4, -0.2) is 26.0 Å². The zero-order valence-corrected chi connectivity index (χ0v) is 25.4. The third kappa shape index (κ3) is 6.55. The third-order valence-corrected chi connectivity index (χ3v) is 7.44. The molecule has 1 amide bonds. The molecule has 0 spiro atoms. The summed E-state index contributed by atoms with van der Waals surface area (Å²) in [5, 5.41) is 25.4. The minimum Gasteiger partial charge on any atom is -0.870 e. The van der Waals surface area contributed by atoms with Crippen LogP contribution < -0.4 is 44.7 Å². The minimum absolute atomic E-state index is 0. The molecular formula is C26H20Cl2N3NaO6S. The first-order valence-electron chi connectivity index (χ1n) is 11.1. The van der Waals surface area contributed by atoms with Crippen molar-refractivity contribution in [1.82, 2.24) is 0 Å². The molecule has 0 unspecified atom stereocenters. The summed E-state index contributed by atoms with van der Waals surface area (Å²) in [5.74, 6) is -0.966. The van der Waals surface area contributed by atoms with E-state index in [0.29, 0.717) is 16.5 Å². The number of hydrogen-bond acceptors (Lipinski definition) is 7. The number of anilines is 1. The summed E-state index contributed by atoms with van der Waals surface area (Å²) in [7, 11) is -3.18. The van der Waals surface area contributed by atoms with Crippen molar-refractivity contribution in [3.05, 3.63) is 81.8 Å². The maximum atomic E-state index is 13.4. The van der Waals surface area contributed by atoms with Crippen molar-refractivity contribution >= 4 is 67.1 Å². The summed E-state index contributed by atoms with van der Waals surface area (Å²) in [6.07, 6.45) is 0.152. The van der Waals surface area contributed by atoms with Crippen molar-refractivity contribution in [2.75, 3.05) is 12.4 Å². The van der Waals surface area contributed by atoms with Crippen LogP contribution in [0.15, 0.2) is 75.8 Å². The van der Waals surface area contributed by atoms with Gasteiger partial charge in [-0.15, -0.1) is 0 Å². The molecule has 0 saturated carbocycles. The molecule has 4 aromatic rings. The van der Waals surface area contributed by atoms with Crippen molar-refractivity contribution in [3.63, 3.8) is 0 Å². The van der Waals surface area contributed by atoms with Gasteiger partial charge in [0.15, 0.2) is 0 Å². The Morgan fingerprint density at radius 1 is 1.05 bits per heavy atom. The first-order chi connectivity index (χ1) is 18.0. The van der Waals surface area contributed by atoms with E-state index in [1.54, 1.807) is 43.3 Å². The second kappa shape index (κ2) is 12.6. The van der Waals surface area contributed by atoms with E-state index in [9.17, 15) is 22.9 Å². The van der Waals surface area contributed by atoms with Crippen molar-refractivity contribution in [1.29, 1.82) is 0 Å². The summed E-state index contributed by atoms with van der Waals surface area (Å²) < 4.78 is 38.6. The molecule has 0 aliphatic carbocycles. The van der Waals surface area contributed by atoms with Crippen LogP contribution in [0.4, 0.5) is 17.1 Å². The fourth-order valence-corrected chi connectivity index (χ4v) is 5.41. The van der Waals surface area contributed by atoms with E-state index in [0.717, 1.165) is 0 Å². The van der Waals surface area contributed by atoms with Gasteiger partial charge in [-0.25, -0.2) is 0 Å². The number of benzene rings is 4. The van der Waals surface area contributed by atoms with E-state index < -0.39 is 26.7 Å². The first kappa shape index (κ1) is 30.8. The van der Waals surface area contributed by atoms with E-state index in [4.69, 9.17) is 27.9 Å². The number of fused-ring (bicyclic) bond motifs is 1. The minimum atomic E-state index is -4.65. The number of rotatable bonds is 7. The molecule has 0 bridgehead atoms. The van der Waals surface area contributed by atoms with Crippen molar-refractivity contribution < 1.29 is 57.2 Å². The van der Waals surface area contributed by atoms with E-state index in [-0.39, 0.29) is 74.2 Å². The molecule has 0 saturated heterocycles. The van der Waals surface area contributed by atoms with E-state index >= 15 is 0 Å². The molecule has 0 fully saturated rings. The number of methoxy groups -OCH3 is 1. The zero-order chi connectivity index (χ0) is 27.6. The normalized spacial score (nSPS) is 11.4. The Kier molecular flexibility index (Phi) is 10.0. The second-order valence-corrected chi connectivity index (χ2v) is 10.2. The molecule has 13 heteroatoms. The number of nitrogens with zero attached hydrogens (tertiary/aromatic N) is 2. The number of hydrogen-bond donors (Lipinski definition) is 2. The van der Waals surface area contributed by atoms with Crippen molar-refractivity contribution in [2.24, 2.45) is 10.2 Å². The van der Waals surface area contributed by atoms with Gasteiger partial charge in [-0.1, -0.05) is 60.1 Å². The van der Waals surface area contributed by atoms with Crippen LogP contribution in [0.2, 0.25) is 10.0 Å². The van der Waals surface area contributed by atoms with Crippen LogP contribution in [0, 0.1) is 0 Å². The summed E-state index contributed by atoms with van der Waals surface area (Å²) in [4.78, 5) is 12.7. The molecule has 0 aromatic heterocycles. The maximum absolute atomic E-state index is 13.4. The molecule has 9 nitrogen and oxygen atoms in total. The van der Waals surface area contributed by atoms with Crippen molar-refractivity contribution in [2.45, 2.75) is 18.2 Å². The van der Waals surface area contributed by atoms with Crippen LogP contribution in [0.1, 0.15) is 22.8 Å². The topological polar surface area (TPSA) is 140 Å². The van der Waals surface area contributed by atoms with Crippen LogP contribution in [0.3, 0.4) is 0 Å². The average molecular weight is 596 g/mol. The summed E-state index contributed by atoms with van der Waals surface area (Å²) in [6.45, 7) is 1.66. The van der Waals surface area contributed by atoms with Gasteiger partial charge in [0, 0.05) is 22.6 Å². The fraction of sp³-hybridized carbons (Fsp3) is 0.115. The number of nitrogens with one attached hydrogen (secondary N) is 1. The molecule has 4 aromatic carbocycles. The number of azo groups is 1. The smallest absolute Gasteiger partial charge is 0.870 e. The third-order valence-electron chi connectivity index (χ3n) is 5.70. The molecule has 2 N–H and O–H groups in total. The molecule has 0 radical (unpaired) electrons. The average Bonchev–Trinajstić information content (AvgIpc) is 2.88. The zero-order valence-electron chi connectivity index (χ0n) is 21.0. The van der Waals surface area contributed by atoms with Gasteiger partial charge in [0.2, 0.25) is 0 Å². The quantitative estimate of drug-likeness (QED) is 0.189. The standard InChI is InChI=1S/C26H21Cl2N3O6S.Na/c1-3-16-21(11-10-20(28)25(16)38(34,35)36)30-31-23-17-7-5-4-6-14(17)12-18(24(23)32)26(33)29-22-13-15(37-2)8-9-19(22)27;/h4-13,32H,3H2,1-2H3,(H,29,33)(H,34,35,36);/q;+1/p-1. The number of halogens is 2. The van der Waals surface area contributed by atoms with E-state index in [1.807, 2.05) is 0 Å². The molecule has 0 atom stereocenters. The summed E-state index contributed by atoms with van der Waals surface area (Å²) >= 11 is 12.2. The van der Waals surface area contributed by atoms with E-state index in [1.165, 1.54) is 31.4 Å². The Morgan fingerprint density at radius 3 is 2.41 bits per heavy atom. The Balaban J connectivity index is 0.00000420. The molecule has 0 heterocycles. The molecular weight excluding hydrogens is 576 g/mol. The summed E-state index contributed by atoms with van der Waals surface area (Å²) in [5.41, 5.74) is 0.128. The van der Waals surface area contributed by atoms with Gasteiger partial charge < -0.3 is 15.2 Å². The van der Waals surface area contributed by atoms with Crippen LogP contribution >= 0.6 is 23.2 Å². The Labute approximate surface area is 256 Å². The fourth-order valence-electron chi connectivity index (χ4n) is 3.90. The maximum Gasteiger partial charge on any atom is 1.00 e. The van der Waals surface area contributed by atoms with Gasteiger partial charge in [0.1, 0.15) is 10.6 Å². The SMILES string of the molecule is CCc1c(N=Nc2c([O-])c(C(=O)Nc3cc(OC)ccc3Cl)cc3ccccc23)ccc(Cl)c1S(=O)(=O)O.[Na+]. The van der Waals surface area contributed by atoms with Crippen LogP contribution in [-0.2, 0) is 16.5 Å². The van der Waals surface area contributed by atoms with Gasteiger partial charge in [0.05, 0.1) is 34.2 Å². The summed E-state index contributed by atoms with van der Waals surface area (Å²) in [6, 6.07) is 15.6. The van der Waals surface area contributed by atoms with E-state index in [2.05, 4.69) is 15.5 Å². The van der Waals surface area contributed by atoms with Gasteiger partial charge in [-0.2, -0.15) is 18.6 Å². The molecule has 4 rings (SSSR count). The first-order valence-corrected chi connectivity index (χ1v) is 13.3. The monoisotopic (exact) mass is 595 g/mol. The van der Waals surface area contributed by atoms with Gasteiger partial charge in [-0.3, -0.25) is 9.35 Å². The van der Waals surface area contributed by atoms with Gasteiger partial charge in [0.25, 0.3) is 16.0 Å². The predicted molar refractivity (Wildman–Crippen MR) is 144 cm³/mol. The largest absolute Gasteiger partial charge is 1.00 e. The Hall–Kier alpha value is -2.70. The second-order valence-electron chi connectivity index (χ2n) is 8.03. The molecule has 196 valence electrons. The molecule has 0 aliphatic rings. The van der Waals surface area contributed by atoms with Crippen molar-refractivity contribution in [3.8, 4) is 11.5 Å². The number of carbonyl (C=O) groups excluding carboxylic acids is 1. The number of amides is 1. The number of carbonyl (C=O) groups is 1. The molecule has 39 heavy (non-hydrogen) atoms. The van der Waals surface area contributed by atoms with Crippen LogP contribution in [0.25, 0.3) is 10.8 Å². The van der Waals surface area contributed by atoms with Gasteiger partial charge >= 0.3 is 29.6 Å².